The summed E-state index contributed by atoms with van der Waals surface area (Å²) in [5.74, 6) is 0. The maximum atomic E-state index is 11.6. The fourth-order valence-corrected chi connectivity index (χ4v) is 3.21. The largest absolute Gasteiger partial charge is 0.317 e. The van der Waals surface area contributed by atoms with E-state index >= 15 is 0 Å². The highest BCUT2D eigenvalue weighted by atomic mass is 32.2. The predicted molar refractivity (Wildman–Crippen MR) is 80.7 cm³/mol. The van der Waals surface area contributed by atoms with E-state index in [1.54, 1.807) is 18.2 Å². The van der Waals surface area contributed by atoms with E-state index < -0.39 is 9.84 Å². The van der Waals surface area contributed by atoms with Crippen LogP contribution < -0.4 is 5.32 Å². The number of aromatic nitrogens is 2. The summed E-state index contributed by atoms with van der Waals surface area (Å²) in [7, 11) is -3.20. The van der Waals surface area contributed by atoms with Crippen molar-refractivity contribution in [3.63, 3.8) is 0 Å². The van der Waals surface area contributed by atoms with E-state index in [9.17, 15) is 8.42 Å². The zero-order valence-electron chi connectivity index (χ0n) is 11.5. The minimum Gasteiger partial charge on any atom is -0.317 e. The Morgan fingerprint density at radius 3 is 2.80 bits per heavy atom. The monoisotopic (exact) mass is 311 g/mol. The molecule has 0 spiro atoms. The SMILES string of the molecule is CCNCCc1nnc(-c2cccc(S(C)(=O)=O)c2)s1. The zero-order chi connectivity index (χ0) is 14.6. The van der Waals surface area contributed by atoms with Crippen LogP contribution in [0.4, 0.5) is 0 Å². The van der Waals surface area contributed by atoms with Gasteiger partial charge in [0.1, 0.15) is 10.0 Å². The highest BCUT2D eigenvalue weighted by Gasteiger charge is 2.11. The first-order valence-corrected chi connectivity index (χ1v) is 9.05. The second-order valence-corrected chi connectivity index (χ2v) is 7.48. The molecule has 7 heteroatoms. The van der Waals surface area contributed by atoms with Gasteiger partial charge in [-0.15, -0.1) is 10.2 Å². The number of hydrogen-bond acceptors (Lipinski definition) is 6. The molecule has 1 aromatic heterocycles. The van der Waals surface area contributed by atoms with Gasteiger partial charge in [0.05, 0.1) is 4.90 Å². The Morgan fingerprint density at radius 1 is 1.30 bits per heavy atom. The van der Waals surface area contributed by atoms with Crippen molar-refractivity contribution < 1.29 is 8.42 Å². The molecule has 5 nitrogen and oxygen atoms in total. The fourth-order valence-electron chi connectivity index (χ4n) is 1.70. The molecule has 20 heavy (non-hydrogen) atoms. The lowest BCUT2D eigenvalue weighted by molar-refractivity contribution is 0.602. The third-order valence-corrected chi connectivity index (χ3v) is 4.88. The second kappa shape index (κ2) is 6.43. The molecule has 108 valence electrons. The Morgan fingerprint density at radius 2 is 2.10 bits per heavy atom. The number of rotatable bonds is 6. The third-order valence-electron chi connectivity index (χ3n) is 2.74. The molecule has 0 amide bonds. The van der Waals surface area contributed by atoms with Gasteiger partial charge in [0.25, 0.3) is 0 Å². The van der Waals surface area contributed by atoms with Crippen LogP contribution >= 0.6 is 11.3 Å². The molecule has 1 aromatic carbocycles. The van der Waals surface area contributed by atoms with Gasteiger partial charge in [-0.05, 0) is 18.7 Å². The van der Waals surface area contributed by atoms with Gasteiger partial charge < -0.3 is 5.32 Å². The number of likely N-dealkylation sites (N-methyl/N-ethyl adjacent to an activating group) is 1. The van der Waals surface area contributed by atoms with Crippen molar-refractivity contribution in [1.29, 1.82) is 0 Å². The van der Waals surface area contributed by atoms with Gasteiger partial charge in [0.2, 0.25) is 0 Å². The highest BCUT2D eigenvalue weighted by molar-refractivity contribution is 7.90. The van der Waals surface area contributed by atoms with Crippen molar-refractivity contribution in [1.82, 2.24) is 15.5 Å². The van der Waals surface area contributed by atoms with Crippen LogP contribution in [0.2, 0.25) is 0 Å². The van der Waals surface area contributed by atoms with Gasteiger partial charge in [-0.25, -0.2) is 8.42 Å². The average Bonchev–Trinajstić information content (AvgIpc) is 2.87. The van der Waals surface area contributed by atoms with Gasteiger partial charge in [0, 0.05) is 24.8 Å². The molecule has 0 aliphatic heterocycles. The Kier molecular flexibility index (Phi) is 4.85. The number of nitrogens with one attached hydrogen (secondary N) is 1. The first-order chi connectivity index (χ1) is 9.50. The summed E-state index contributed by atoms with van der Waals surface area (Å²) < 4.78 is 23.1. The van der Waals surface area contributed by atoms with Crippen LogP contribution in [0.1, 0.15) is 11.9 Å². The van der Waals surface area contributed by atoms with Crippen molar-refractivity contribution in [2.75, 3.05) is 19.3 Å². The molecule has 0 radical (unpaired) electrons. The van der Waals surface area contributed by atoms with E-state index in [1.807, 2.05) is 6.07 Å². The summed E-state index contributed by atoms with van der Waals surface area (Å²) in [4.78, 5) is 0.305. The predicted octanol–water partition coefficient (Wildman–Crippen LogP) is 1.76. The standard InChI is InChI=1S/C13H17N3O2S2/c1-3-14-8-7-12-15-16-13(19-12)10-5-4-6-11(9-10)20(2,17)18/h4-6,9,14H,3,7-8H2,1-2H3. The van der Waals surface area contributed by atoms with Crippen LogP contribution in [0.15, 0.2) is 29.2 Å². The zero-order valence-corrected chi connectivity index (χ0v) is 13.1. The molecular weight excluding hydrogens is 294 g/mol. The Labute approximate surface area is 123 Å². The van der Waals surface area contributed by atoms with Gasteiger partial charge in [-0.2, -0.15) is 0 Å². The Balaban J connectivity index is 2.20. The van der Waals surface area contributed by atoms with Crippen LogP contribution in [-0.2, 0) is 16.3 Å². The van der Waals surface area contributed by atoms with Crippen molar-refractivity contribution in [3.8, 4) is 10.6 Å². The van der Waals surface area contributed by atoms with Gasteiger partial charge in [-0.1, -0.05) is 30.4 Å². The number of nitrogens with zero attached hydrogens (tertiary/aromatic N) is 2. The van der Waals surface area contributed by atoms with Crippen LogP contribution in [0, 0.1) is 0 Å². The van der Waals surface area contributed by atoms with Gasteiger partial charge >= 0.3 is 0 Å². The molecule has 2 rings (SSSR count). The van der Waals surface area contributed by atoms with E-state index in [0.717, 1.165) is 35.1 Å². The molecule has 0 unspecified atom stereocenters. The van der Waals surface area contributed by atoms with E-state index in [2.05, 4.69) is 22.4 Å². The van der Waals surface area contributed by atoms with Crippen molar-refractivity contribution >= 4 is 21.2 Å². The van der Waals surface area contributed by atoms with Gasteiger partial charge in [-0.3, -0.25) is 0 Å². The lowest BCUT2D eigenvalue weighted by atomic mass is 10.2. The van der Waals surface area contributed by atoms with Crippen molar-refractivity contribution in [2.45, 2.75) is 18.2 Å². The second-order valence-electron chi connectivity index (χ2n) is 4.40. The molecule has 1 N–H and O–H groups in total. The summed E-state index contributed by atoms with van der Waals surface area (Å²) >= 11 is 1.50. The smallest absolute Gasteiger partial charge is 0.175 e. The molecule has 0 aliphatic rings. The van der Waals surface area contributed by atoms with Gasteiger partial charge in [0.15, 0.2) is 9.84 Å². The van der Waals surface area contributed by atoms with Crippen molar-refractivity contribution in [3.05, 3.63) is 29.3 Å². The Bertz CT molecular complexity index is 680. The maximum absolute atomic E-state index is 11.6. The molecule has 1 heterocycles. The first kappa shape index (κ1) is 15.1. The van der Waals surface area contributed by atoms with E-state index in [4.69, 9.17) is 0 Å². The molecular formula is C13H17N3O2S2. The average molecular weight is 311 g/mol. The summed E-state index contributed by atoms with van der Waals surface area (Å²) in [6.07, 6.45) is 2.03. The summed E-state index contributed by atoms with van der Waals surface area (Å²) in [5, 5.41) is 13.2. The van der Waals surface area contributed by atoms with Crippen LogP contribution in [-0.4, -0.2) is 38.0 Å². The van der Waals surface area contributed by atoms with E-state index in [-0.39, 0.29) is 0 Å². The normalized spacial score (nSPS) is 11.7. The maximum Gasteiger partial charge on any atom is 0.175 e. The lowest BCUT2D eigenvalue weighted by Crippen LogP contribution is -2.15. The molecule has 2 aromatic rings. The molecule has 0 aliphatic carbocycles. The number of hydrogen-bond donors (Lipinski definition) is 1. The minimum absolute atomic E-state index is 0.305. The van der Waals surface area contributed by atoms with Crippen LogP contribution in [0.5, 0.6) is 0 Å². The molecule has 0 saturated heterocycles. The number of benzene rings is 1. The summed E-state index contributed by atoms with van der Waals surface area (Å²) in [5.41, 5.74) is 0.792. The van der Waals surface area contributed by atoms with Crippen LogP contribution in [0.25, 0.3) is 10.6 Å². The van der Waals surface area contributed by atoms with Crippen molar-refractivity contribution in [2.24, 2.45) is 0 Å². The van der Waals surface area contributed by atoms with Crippen LogP contribution in [0.3, 0.4) is 0 Å². The summed E-state index contributed by atoms with van der Waals surface area (Å²) in [6.45, 7) is 3.86. The molecule has 0 fully saturated rings. The van der Waals surface area contributed by atoms with E-state index in [0.29, 0.717) is 4.90 Å². The molecule has 0 bridgehead atoms. The fraction of sp³-hybridized carbons (Fsp3) is 0.385. The summed E-state index contributed by atoms with van der Waals surface area (Å²) in [6, 6.07) is 6.81. The minimum atomic E-state index is -3.20. The molecule has 0 saturated carbocycles. The topological polar surface area (TPSA) is 72.0 Å². The highest BCUT2D eigenvalue weighted by Crippen LogP contribution is 2.25. The quantitative estimate of drug-likeness (QED) is 0.823. The first-order valence-electron chi connectivity index (χ1n) is 6.34. The molecule has 0 atom stereocenters. The number of sulfone groups is 1. The lowest BCUT2D eigenvalue weighted by Gasteiger charge is -2.00. The Hall–Kier alpha value is -1.31. The third kappa shape index (κ3) is 3.84. The van der Waals surface area contributed by atoms with E-state index in [1.165, 1.54) is 17.6 Å².